The smallest absolute Gasteiger partial charge is 0.338 e. The first-order chi connectivity index (χ1) is 6.06. The van der Waals surface area contributed by atoms with Crippen molar-refractivity contribution in [1.29, 1.82) is 0 Å². The third kappa shape index (κ3) is 2.03. The number of carbonyl (C=O) groups excluding carboxylic acids is 1. The normalized spacial score (nSPS) is 9.69. The van der Waals surface area contributed by atoms with Crippen LogP contribution in [-0.2, 0) is 0 Å². The van der Waals surface area contributed by atoms with E-state index in [1.165, 1.54) is 12.1 Å². The second-order valence-electron chi connectivity index (χ2n) is 2.28. The maximum absolute atomic E-state index is 13.1. The van der Waals surface area contributed by atoms with Crippen molar-refractivity contribution in [3.05, 3.63) is 32.6 Å². The van der Waals surface area contributed by atoms with E-state index >= 15 is 0 Å². The van der Waals surface area contributed by atoms with Gasteiger partial charge in [-0.2, -0.15) is 0 Å². The van der Waals surface area contributed by atoms with Crippen molar-refractivity contribution in [3.8, 4) is 0 Å². The Morgan fingerprint density at radius 3 is 2.62 bits per heavy atom. The fourth-order valence-corrected chi connectivity index (χ4v) is 1.50. The first-order valence-corrected chi connectivity index (χ1v) is 4.31. The number of benzene rings is 1. The molecule has 68 valence electrons. The third-order valence-electron chi connectivity index (χ3n) is 1.42. The van der Waals surface area contributed by atoms with Crippen LogP contribution in [0.15, 0.2) is 12.1 Å². The molecule has 1 aromatic carbocycles. The van der Waals surface area contributed by atoms with Gasteiger partial charge in [0.1, 0.15) is 5.82 Å². The Morgan fingerprint density at radius 1 is 1.54 bits per heavy atom. The lowest BCUT2D eigenvalue weighted by Gasteiger charge is -2.00. The van der Waals surface area contributed by atoms with Gasteiger partial charge in [0, 0.05) is 3.57 Å². The SMILES string of the molecule is O=Cc1cc(I)cc(C(=O)O)c1F. The minimum Gasteiger partial charge on any atom is -0.478 e. The van der Waals surface area contributed by atoms with Crippen LogP contribution in [-0.4, -0.2) is 17.4 Å². The first-order valence-electron chi connectivity index (χ1n) is 3.23. The average Bonchev–Trinajstić information content (AvgIpc) is 2.08. The summed E-state index contributed by atoms with van der Waals surface area (Å²) < 4.78 is 13.6. The lowest BCUT2D eigenvalue weighted by atomic mass is 10.1. The topological polar surface area (TPSA) is 54.4 Å². The van der Waals surface area contributed by atoms with Crippen molar-refractivity contribution in [2.45, 2.75) is 0 Å². The highest BCUT2D eigenvalue weighted by Gasteiger charge is 2.14. The Hall–Kier alpha value is -0.980. The largest absolute Gasteiger partial charge is 0.478 e. The lowest BCUT2D eigenvalue weighted by molar-refractivity contribution is 0.0691. The van der Waals surface area contributed by atoms with E-state index in [-0.39, 0.29) is 5.56 Å². The zero-order chi connectivity index (χ0) is 10.0. The second kappa shape index (κ2) is 3.82. The lowest BCUT2D eigenvalue weighted by Crippen LogP contribution is -2.04. The molecule has 0 aliphatic heterocycles. The van der Waals surface area contributed by atoms with Crippen LogP contribution in [0, 0.1) is 9.39 Å². The summed E-state index contributed by atoms with van der Waals surface area (Å²) in [4.78, 5) is 20.8. The summed E-state index contributed by atoms with van der Waals surface area (Å²) in [6.45, 7) is 0. The van der Waals surface area contributed by atoms with Crippen LogP contribution in [0.3, 0.4) is 0 Å². The van der Waals surface area contributed by atoms with Gasteiger partial charge in [0.2, 0.25) is 0 Å². The van der Waals surface area contributed by atoms with Crippen molar-refractivity contribution >= 4 is 34.8 Å². The van der Waals surface area contributed by atoms with Gasteiger partial charge in [-0.25, -0.2) is 9.18 Å². The van der Waals surface area contributed by atoms with E-state index in [9.17, 15) is 14.0 Å². The molecule has 0 radical (unpaired) electrons. The zero-order valence-electron chi connectivity index (χ0n) is 6.25. The molecule has 3 nitrogen and oxygen atoms in total. The van der Waals surface area contributed by atoms with Crippen LogP contribution in [0.2, 0.25) is 0 Å². The first kappa shape index (κ1) is 10.1. The summed E-state index contributed by atoms with van der Waals surface area (Å²) in [7, 11) is 0. The molecule has 0 heterocycles. The van der Waals surface area contributed by atoms with Gasteiger partial charge in [-0.15, -0.1) is 0 Å². The molecule has 0 saturated carbocycles. The third-order valence-corrected chi connectivity index (χ3v) is 2.05. The number of halogens is 2. The molecular formula is C8H4FIO3. The number of hydrogen-bond acceptors (Lipinski definition) is 2. The number of aldehydes is 1. The standard InChI is InChI=1S/C8H4FIO3/c9-7-4(3-11)1-5(10)2-6(7)8(12)13/h1-3H,(H,12,13). The summed E-state index contributed by atoms with van der Waals surface area (Å²) in [5.74, 6) is -2.36. The minimum absolute atomic E-state index is 0.232. The molecule has 0 saturated heterocycles. The fraction of sp³-hybridized carbons (Fsp3) is 0. The molecule has 5 heteroatoms. The van der Waals surface area contributed by atoms with Crippen molar-refractivity contribution in [2.24, 2.45) is 0 Å². The van der Waals surface area contributed by atoms with E-state index in [0.717, 1.165) is 0 Å². The van der Waals surface area contributed by atoms with Gasteiger partial charge in [-0.3, -0.25) is 4.79 Å². The number of carboxylic acids is 1. The summed E-state index contributed by atoms with van der Waals surface area (Å²) in [6.07, 6.45) is 0.296. The molecule has 0 spiro atoms. The van der Waals surface area contributed by atoms with Crippen molar-refractivity contribution in [3.63, 3.8) is 0 Å². The van der Waals surface area contributed by atoms with Crippen LogP contribution in [0.4, 0.5) is 4.39 Å². The van der Waals surface area contributed by atoms with Crippen molar-refractivity contribution in [2.75, 3.05) is 0 Å². The van der Waals surface area contributed by atoms with Crippen LogP contribution < -0.4 is 0 Å². The molecule has 0 aliphatic carbocycles. The summed E-state index contributed by atoms with van der Waals surface area (Å²) in [5, 5.41) is 8.55. The number of rotatable bonds is 2. The Bertz CT molecular complexity index is 376. The molecule has 0 bridgehead atoms. The number of aromatic carboxylic acids is 1. The predicted octanol–water partition coefficient (Wildman–Crippen LogP) is 1.94. The molecule has 1 aromatic rings. The van der Waals surface area contributed by atoms with Gasteiger partial charge < -0.3 is 5.11 Å². The van der Waals surface area contributed by atoms with Gasteiger partial charge in [-0.1, -0.05) is 0 Å². The quantitative estimate of drug-likeness (QED) is 0.670. The number of hydrogen-bond donors (Lipinski definition) is 1. The van der Waals surface area contributed by atoms with Gasteiger partial charge in [0.25, 0.3) is 0 Å². The van der Waals surface area contributed by atoms with E-state index in [1.807, 2.05) is 22.6 Å². The molecule has 0 amide bonds. The molecule has 1 rings (SSSR count). The fourth-order valence-electron chi connectivity index (χ4n) is 0.852. The number of carboxylic acid groups (broad SMARTS) is 1. The Labute approximate surface area is 86.7 Å². The molecule has 1 N–H and O–H groups in total. The van der Waals surface area contributed by atoms with Crippen LogP contribution in [0.25, 0.3) is 0 Å². The van der Waals surface area contributed by atoms with E-state index in [2.05, 4.69) is 0 Å². The van der Waals surface area contributed by atoms with E-state index in [4.69, 9.17) is 5.11 Å². The second-order valence-corrected chi connectivity index (χ2v) is 3.53. The Kier molecular flexibility index (Phi) is 2.97. The van der Waals surface area contributed by atoms with Gasteiger partial charge in [-0.05, 0) is 34.7 Å². The predicted molar refractivity (Wildman–Crippen MR) is 51.5 cm³/mol. The maximum atomic E-state index is 13.1. The van der Waals surface area contributed by atoms with Crippen LogP contribution in [0.1, 0.15) is 20.7 Å². The molecule has 0 aliphatic rings. The Morgan fingerprint density at radius 2 is 2.15 bits per heavy atom. The average molecular weight is 294 g/mol. The van der Waals surface area contributed by atoms with E-state index < -0.39 is 17.3 Å². The molecule has 0 aromatic heterocycles. The highest BCUT2D eigenvalue weighted by molar-refractivity contribution is 14.1. The van der Waals surface area contributed by atoms with Crippen molar-refractivity contribution < 1.29 is 19.1 Å². The summed E-state index contributed by atoms with van der Waals surface area (Å²) in [6, 6.07) is 2.46. The minimum atomic E-state index is -1.38. The summed E-state index contributed by atoms with van der Waals surface area (Å²) >= 11 is 1.82. The van der Waals surface area contributed by atoms with Crippen LogP contribution >= 0.6 is 22.6 Å². The molecule has 13 heavy (non-hydrogen) atoms. The molecular weight excluding hydrogens is 290 g/mol. The number of carbonyl (C=O) groups is 2. The van der Waals surface area contributed by atoms with E-state index in [0.29, 0.717) is 9.86 Å². The van der Waals surface area contributed by atoms with Crippen LogP contribution in [0.5, 0.6) is 0 Å². The van der Waals surface area contributed by atoms with Crippen molar-refractivity contribution in [1.82, 2.24) is 0 Å². The highest BCUT2D eigenvalue weighted by Crippen LogP contribution is 2.16. The summed E-state index contributed by atoms with van der Waals surface area (Å²) in [5.41, 5.74) is -0.710. The van der Waals surface area contributed by atoms with Gasteiger partial charge in [0.15, 0.2) is 6.29 Å². The highest BCUT2D eigenvalue weighted by atomic mass is 127. The maximum Gasteiger partial charge on any atom is 0.338 e. The van der Waals surface area contributed by atoms with Gasteiger partial charge >= 0.3 is 5.97 Å². The molecule has 0 fully saturated rings. The Balaban J connectivity index is 3.44. The monoisotopic (exact) mass is 294 g/mol. The van der Waals surface area contributed by atoms with E-state index in [1.54, 1.807) is 0 Å². The molecule has 0 unspecified atom stereocenters. The zero-order valence-corrected chi connectivity index (χ0v) is 8.41. The molecule has 0 atom stereocenters. The van der Waals surface area contributed by atoms with Gasteiger partial charge in [0.05, 0.1) is 11.1 Å².